The first-order chi connectivity index (χ1) is 7.25. The molecule has 0 spiro atoms. The van der Waals surface area contributed by atoms with Crippen molar-refractivity contribution in [3.05, 3.63) is 67.0 Å². The molecule has 0 unspecified atom stereocenters. The van der Waals surface area contributed by atoms with Crippen LogP contribution in [-0.2, 0) is 4.74 Å². The van der Waals surface area contributed by atoms with E-state index >= 15 is 0 Å². The smallest absolute Gasteiger partial charge is 0.0845 e. The third-order valence-corrected chi connectivity index (χ3v) is 2.04. The van der Waals surface area contributed by atoms with E-state index in [9.17, 15) is 0 Å². The Morgan fingerprint density at radius 1 is 1.27 bits per heavy atom. The molecule has 1 aromatic carbocycles. The fourth-order valence-corrected chi connectivity index (χ4v) is 1.15. The topological polar surface area (TPSA) is 9.23 Å². The van der Waals surface area contributed by atoms with E-state index in [1.807, 2.05) is 43.3 Å². The summed E-state index contributed by atoms with van der Waals surface area (Å²) in [7, 11) is 0. The average Bonchev–Trinajstić information content (AvgIpc) is 2.29. The molecule has 15 heavy (non-hydrogen) atoms. The summed E-state index contributed by atoms with van der Waals surface area (Å²) < 4.78 is 5.11. The second kappa shape index (κ2) is 5.86. The zero-order chi connectivity index (χ0) is 11.1. The minimum Gasteiger partial charge on any atom is -0.501 e. The van der Waals surface area contributed by atoms with Gasteiger partial charge >= 0.3 is 0 Å². The van der Waals surface area contributed by atoms with Gasteiger partial charge in [0.05, 0.1) is 12.9 Å². The highest BCUT2D eigenvalue weighted by molar-refractivity contribution is 5.79. The summed E-state index contributed by atoms with van der Waals surface area (Å²) in [4.78, 5) is 0. The van der Waals surface area contributed by atoms with E-state index in [0.29, 0.717) is 6.61 Å². The number of allylic oxidation sites excluding steroid dienone is 3. The fourth-order valence-electron chi connectivity index (χ4n) is 1.15. The van der Waals surface area contributed by atoms with Crippen LogP contribution in [0.4, 0.5) is 0 Å². The molecule has 0 saturated heterocycles. The molecule has 0 bridgehead atoms. The Morgan fingerprint density at radius 2 is 1.93 bits per heavy atom. The normalized spacial score (nSPS) is 10.2. The highest BCUT2D eigenvalue weighted by Gasteiger charge is 1.99. The largest absolute Gasteiger partial charge is 0.501 e. The Morgan fingerprint density at radius 3 is 2.53 bits per heavy atom. The molecule has 1 heteroatoms. The maximum absolute atomic E-state index is 5.11. The van der Waals surface area contributed by atoms with Crippen LogP contribution >= 0.6 is 0 Å². The lowest BCUT2D eigenvalue weighted by Gasteiger charge is -2.05. The molecule has 0 radical (unpaired) electrons. The first-order valence-corrected chi connectivity index (χ1v) is 4.97. The first kappa shape index (κ1) is 11.3. The van der Waals surface area contributed by atoms with Crippen LogP contribution in [0.3, 0.4) is 0 Å². The SMILES string of the molecule is C=C(/C=C/OCC)C(=C)c1ccccc1. The molecule has 0 aromatic heterocycles. The van der Waals surface area contributed by atoms with Gasteiger partial charge in [-0.1, -0.05) is 43.5 Å². The van der Waals surface area contributed by atoms with Gasteiger partial charge in [0.15, 0.2) is 0 Å². The van der Waals surface area contributed by atoms with Crippen LogP contribution in [0.1, 0.15) is 12.5 Å². The Balaban J connectivity index is 2.66. The number of hydrogen-bond donors (Lipinski definition) is 0. The molecule has 1 aromatic rings. The monoisotopic (exact) mass is 200 g/mol. The van der Waals surface area contributed by atoms with Gasteiger partial charge < -0.3 is 4.74 Å². The van der Waals surface area contributed by atoms with Crippen LogP contribution in [0.2, 0.25) is 0 Å². The summed E-state index contributed by atoms with van der Waals surface area (Å²) in [6, 6.07) is 9.99. The predicted molar refractivity (Wildman–Crippen MR) is 65.4 cm³/mol. The van der Waals surface area contributed by atoms with Gasteiger partial charge in [-0.25, -0.2) is 0 Å². The van der Waals surface area contributed by atoms with E-state index in [-0.39, 0.29) is 0 Å². The summed E-state index contributed by atoms with van der Waals surface area (Å²) >= 11 is 0. The molecule has 0 aliphatic carbocycles. The molecule has 0 fully saturated rings. The van der Waals surface area contributed by atoms with Crippen molar-refractivity contribution in [2.24, 2.45) is 0 Å². The molecule has 78 valence electrons. The van der Waals surface area contributed by atoms with Crippen molar-refractivity contribution in [2.75, 3.05) is 6.61 Å². The summed E-state index contributed by atoms with van der Waals surface area (Å²) in [6.07, 6.45) is 3.48. The minimum atomic E-state index is 0.668. The molecule has 0 N–H and O–H groups in total. The van der Waals surface area contributed by atoms with Gasteiger partial charge in [0.2, 0.25) is 0 Å². The predicted octanol–water partition coefficient (Wildman–Crippen LogP) is 3.81. The second-order valence-electron chi connectivity index (χ2n) is 3.13. The maximum atomic E-state index is 5.11. The zero-order valence-electron chi connectivity index (χ0n) is 9.07. The fraction of sp³-hybridized carbons (Fsp3) is 0.143. The summed E-state index contributed by atoms with van der Waals surface area (Å²) in [6.45, 7) is 10.5. The summed E-state index contributed by atoms with van der Waals surface area (Å²) in [5.41, 5.74) is 2.88. The highest BCUT2D eigenvalue weighted by atomic mass is 16.5. The third kappa shape index (κ3) is 3.47. The average molecular weight is 200 g/mol. The number of benzene rings is 1. The second-order valence-corrected chi connectivity index (χ2v) is 3.13. The minimum absolute atomic E-state index is 0.668. The van der Waals surface area contributed by atoms with Crippen LogP contribution in [0, 0.1) is 0 Å². The van der Waals surface area contributed by atoms with Gasteiger partial charge in [-0.3, -0.25) is 0 Å². The van der Waals surface area contributed by atoms with Crippen molar-refractivity contribution >= 4 is 5.57 Å². The zero-order valence-corrected chi connectivity index (χ0v) is 9.07. The van der Waals surface area contributed by atoms with Crippen LogP contribution < -0.4 is 0 Å². The van der Waals surface area contributed by atoms with E-state index in [2.05, 4.69) is 13.2 Å². The molecule has 1 nitrogen and oxygen atoms in total. The van der Waals surface area contributed by atoms with Gasteiger partial charge in [0.25, 0.3) is 0 Å². The van der Waals surface area contributed by atoms with E-state index in [4.69, 9.17) is 4.74 Å². The Hall–Kier alpha value is -1.76. The van der Waals surface area contributed by atoms with Crippen molar-refractivity contribution in [3.63, 3.8) is 0 Å². The van der Waals surface area contributed by atoms with Crippen LogP contribution in [0.5, 0.6) is 0 Å². The van der Waals surface area contributed by atoms with Crippen molar-refractivity contribution in [2.45, 2.75) is 6.92 Å². The lowest BCUT2D eigenvalue weighted by molar-refractivity contribution is 0.269. The van der Waals surface area contributed by atoms with Crippen LogP contribution in [-0.4, -0.2) is 6.61 Å². The molecule has 0 saturated carbocycles. The van der Waals surface area contributed by atoms with Crippen molar-refractivity contribution < 1.29 is 4.74 Å². The van der Waals surface area contributed by atoms with E-state index in [1.165, 1.54) is 0 Å². The van der Waals surface area contributed by atoms with E-state index in [1.54, 1.807) is 6.26 Å². The summed E-state index contributed by atoms with van der Waals surface area (Å²) in [5.74, 6) is 0. The Bertz CT molecular complexity index is 360. The quantitative estimate of drug-likeness (QED) is 0.519. The van der Waals surface area contributed by atoms with Crippen molar-refractivity contribution in [3.8, 4) is 0 Å². The standard InChI is InChI=1S/C14H16O/c1-4-15-11-10-12(2)13(3)14-8-6-5-7-9-14/h5-11H,2-4H2,1H3/b11-10+. The number of hydrogen-bond acceptors (Lipinski definition) is 1. The van der Waals surface area contributed by atoms with Gasteiger partial charge in [-0.2, -0.15) is 0 Å². The lowest BCUT2D eigenvalue weighted by atomic mass is 10.0. The van der Waals surface area contributed by atoms with Crippen molar-refractivity contribution in [1.82, 2.24) is 0 Å². The Kier molecular flexibility index (Phi) is 4.42. The summed E-state index contributed by atoms with van der Waals surface area (Å²) in [5, 5.41) is 0. The van der Waals surface area contributed by atoms with E-state index < -0.39 is 0 Å². The third-order valence-electron chi connectivity index (χ3n) is 2.04. The first-order valence-electron chi connectivity index (χ1n) is 4.97. The maximum Gasteiger partial charge on any atom is 0.0845 e. The number of ether oxygens (including phenoxy) is 1. The van der Waals surface area contributed by atoms with Crippen molar-refractivity contribution in [1.29, 1.82) is 0 Å². The molecule has 0 amide bonds. The molecule has 1 rings (SSSR count). The van der Waals surface area contributed by atoms with Gasteiger partial charge in [0.1, 0.15) is 0 Å². The van der Waals surface area contributed by atoms with Gasteiger partial charge in [-0.15, -0.1) is 0 Å². The van der Waals surface area contributed by atoms with Crippen LogP contribution in [0.25, 0.3) is 5.57 Å². The van der Waals surface area contributed by atoms with Gasteiger partial charge in [-0.05, 0) is 29.7 Å². The van der Waals surface area contributed by atoms with Crippen LogP contribution in [0.15, 0.2) is 61.4 Å². The Labute approximate surface area is 91.4 Å². The lowest BCUT2D eigenvalue weighted by Crippen LogP contribution is -1.84. The molecular formula is C14H16O. The molecule has 0 aliphatic heterocycles. The molecular weight excluding hydrogens is 184 g/mol. The van der Waals surface area contributed by atoms with E-state index in [0.717, 1.165) is 16.7 Å². The molecule has 0 atom stereocenters. The number of rotatable bonds is 5. The van der Waals surface area contributed by atoms with Gasteiger partial charge in [0, 0.05) is 0 Å². The highest BCUT2D eigenvalue weighted by Crippen LogP contribution is 2.19. The molecule has 0 heterocycles. The molecule has 0 aliphatic rings.